The van der Waals surface area contributed by atoms with Crippen molar-refractivity contribution in [2.75, 3.05) is 18.8 Å². The molecule has 0 aliphatic carbocycles. The van der Waals surface area contributed by atoms with Crippen LogP contribution >= 0.6 is 15.9 Å². The van der Waals surface area contributed by atoms with Gasteiger partial charge in [0, 0.05) is 35.0 Å². The van der Waals surface area contributed by atoms with Gasteiger partial charge in [-0.3, -0.25) is 19.5 Å². The fourth-order valence-electron chi connectivity index (χ4n) is 2.76. The SMILES string of the molecule is Nc1cccc(Br)c1C=NCCCCN1C(=O)c2ccccc2C1=O. The summed E-state index contributed by atoms with van der Waals surface area (Å²) in [7, 11) is 0. The molecular formula is C19H18BrN3O2. The number of fused-ring (bicyclic) bond motifs is 1. The standard InChI is InChI=1S/C19H18BrN3O2/c20-16-8-5-9-17(21)15(16)12-22-10-3-4-11-23-18(24)13-6-1-2-7-14(13)19(23)25/h1-2,5-9,12H,3-4,10-11,21H2. The zero-order valence-corrected chi connectivity index (χ0v) is 15.2. The minimum Gasteiger partial charge on any atom is -0.398 e. The van der Waals surface area contributed by atoms with Gasteiger partial charge in [0.25, 0.3) is 11.8 Å². The van der Waals surface area contributed by atoms with Crippen LogP contribution in [0.4, 0.5) is 5.69 Å². The van der Waals surface area contributed by atoms with Crippen molar-refractivity contribution in [2.24, 2.45) is 4.99 Å². The molecule has 0 aromatic heterocycles. The van der Waals surface area contributed by atoms with Gasteiger partial charge in [0.1, 0.15) is 0 Å². The van der Waals surface area contributed by atoms with Gasteiger partial charge in [-0.25, -0.2) is 0 Å². The van der Waals surface area contributed by atoms with Crippen LogP contribution in [0.25, 0.3) is 0 Å². The third-order valence-electron chi connectivity index (χ3n) is 4.10. The molecule has 0 bridgehead atoms. The molecule has 0 unspecified atom stereocenters. The van der Waals surface area contributed by atoms with Crippen molar-refractivity contribution in [1.82, 2.24) is 4.90 Å². The maximum atomic E-state index is 12.2. The fraction of sp³-hybridized carbons (Fsp3) is 0.211. The smallest absolute Gasteiger partial charge is 0.261 e. The Hall–Kier alpha value is -2.47. The molecule has 6 heteroatoms. The lowest BCUT2D eigenvalue weighted by Gasteiger charge is -2.12. The maximum absolute atomic E-state index is 12.2. The van der Waals surface area contributed by atoms with Gasteiger partial charge in [-0.2, -0.15) is 0 Å². The largest absolute Gasteiger partial charge is 0.398 e. The highest BCUT2D eigenvalue weighted by molar-refractivity contribution is 9.10. The highest BCUT2D eigenvalue weighted by Crippen LogP contribution is 2.23. The van der Waals surface area contributed by atoms with Gasteiger partial charge in [0.2, 0.25) is 0 Å². The normalized spacial score (nSPS) is 13.7. The highest BCUT2D eigenvalue weighted by Gasteiger charge is 2.34. The number of rotatable bonds is 6. The Balaban J connectivity index is 1.49. The van der Waals surface area contributed by atoms with E-state index in [4.69, 9.17) is 5.73 Å². The first-order valence-electron chi connectivity index (χ1n) is 8.08. The van der Waals surface area contributed by atoms with E-state index in [-0.39, 0.29) is 11.8 Å². The Kier molecular flexibility index (Phi) is 5.28. The number of carbonyl (C=O) groups is 2. The van der Waals surface area contributed by atoms with Gasteiger partial charge >= 0.3 is 0 Å². The molecule has 2 amide bonds. The lowest BCUT2D eigenvalue weighted by molar-refractivity contribution is 0.0652. The van der Waals surface area contributed by atoms with Crippen molar-refractivity contribution >= 4 is 39.6 Å². The van der Waals surface area contributed by atoms with Crippen molar-refractivity contribution in [1.29, 1.82) is 0 Å². The number of benzene rings is 2. The Bertz CT molecular complexity index is 793. The Labute approximate surface area is 154 Å². The van der Waals surface area contributed by atoms with E-state index in [1.165, 1.54) is 4.90 Å². The predicted octanol–water partition coefficient (Wildman–Crippen LogP) is 3.53. The van der Waals surface area contributed by atoms with Crippen molar-refractivity contribution in [3.05, 3.63) is 63.6 Å². The first-order chi connectivity index (χ1) is 12.1. The number of carbonyl (C=O) groups excluding carboxylic acids is 2. The number of hydrogen-bond acceptors (Lipinski definition) is 4. The van der Waals surface area contributed by atoms with E-state index in [0.29, 0.717) is 36.3 Å². The Morgan fingerprint density at radius 1 is 1.00 bits per heavy atom. The van der Waals surface area contributed by atoms with Gasteiger partial charge < -0.3 is 5.73 Å². The van der Waals surface area contributed by atoms with Crippen LogP contribution < -0.4 is 5.73 Å². The second-order valence-electron chi connectivity index (χ2n) is 5.79. The van der Waals surface area contributed by atoms with Crippen molar-refractivity contribution in [2.45, 2.75) is 12.8 Å². The molecule has 2 N–H and O–H groups in total. The van der Waals surface area contributed by atoms with Crippen molar-refractivity contribution < 1.29 is 9.59 Å². The summed E-state index contributed by atoms with van der Waals surface area (Å²) in [5, 5.41) is 0. The number of nitrogens with two attached hydrogens (primary N) is 1. The van der Waals surface area contributed by atoms with Gasteiger partial charge in [-0.05, 0) is 37.1 Å². The zero-order chi connectivity index (χ0) is 17.8. The molecule has 2 aromatic carbocycles. The highest BCUT2D eigenvalue weighted by atomic mass is 79.9. The maximum Gasteiger partial charge on any atom is 0.261 e. The van der Waals surface area contributed by atoms with Crippen LogP contribution in [0.5, 0.6) is 0 Å². The summed E-state index contributed by atoms with van der Waals surface area (Å²) in [5.74, 6) is -0.407. The van der Waals surface area contributed by atoms with Crippen LogP contribution in [0, 0.1) is 0 Å². The lowest BCUT2D eigenvalue weighted by atomic mass is 10.1. The molecule has 25 heavy (non-hydrogen) atoms. The van der Waals surface area contributed by atoms with Crippen LogP contribution in [-0.2, 0) is 0 Å². The molecule has 1 aliphatic heterocycles. The number of hydrogen-bond donors (Lipinski definition) is 1. The average Bonchev–Trinajstić information content (AvgIpc) is 2.85. The average molecular weight is 400 g/mol. The quantitative estimate of drug-likeness (QED) is 0.349. The van der Waals surface area contributed by atoms with E-state index < -0.39 is 0 Å². The molecule has 0 saturated heterocycles. The van der Waals surface area contributed by atoms with Gasteiger partial charge in [0.05, 0.1) is 11.1 Å². The second kappa shape index (κ2) is 7.61. The summed E-state index contributed by atoms with van der Waals surface area (Å²) >= 11 is 3.45. The zero-order valence-electron chi connectivity index (χ0n) is 13.6. The number of aliphatic imine (C=N–C) groups is 1. The van der Waals surface area contributed by atoms with Crippen LogP contribution in [0.2, 0.25) is 0 Å². The number of unbranched alkanes of at least 4 members (excludes halogenated alkanes) is 1. The number of amides is 2. The minimum atomic E-state index is -0.204. The summed E-state index contributed by atoms with van der Waals surface area (Å²) in [6.45, 7) is 1.03. The van der Waals surface area contributed by atoms with Crippen LogP contribution in [-0.4, -0.2) is 36.0 Å². The third kappa shape index (κ3) is 3.64. The molecule has 0 radical (unpaired) electrons. The number of nitrogen functional groups attached to an aromatic ring is 1. The van der Waals surface area contributed by atoms with E-state index in [9.17, 15) is 9.59 Å². The van der Waals surface area contributed by atoms with E-state index >= 15 is 0 Å². The first kappa shape index (κ1) is 17.4. The fourth-order valence-corrected chi connectivity index (χ4v) is 3.24. The molecule has 128 valence electrons. The van der Waals surface area contributed by atoms with E-state index in [1.807, 2.05) is 18.2 Å². The third-order valence-corrected chi connectivity index (χ3v) is 4.80. The number of halogens is 1. The van der Waals surface area contributed by atoms with Crippen LogP contribution in [0.3, 0.4) is 0 Å². The monoisotopic (exact) mass is 399 g/mol. The van der Waals surface area contributed by atoms with E-state index in [1.54, 1.807) is 30.5 Å². The molecule has 1 heterocycles. The summed E-state index contributed by atoms with van der Waals surface area (Å²) in [4.78, 5) is 30.2. The first-order valence-corrected chi connectivity index (χ1v) is 8.88. The summed E-state index contributed by atoms with van der Waals surface area (Å²) in [5.41, 5.74) is 8.44. The molecular weight excluding hydrogens is 382 g/mol. The number of imide groups is 1. The number of anilines is 1. The summed E-state index contributed by atoms with van der Waals surface area (Å²) < 4.78 is 0.905. The lowest BCUT2D eigenvalue weighted by Crippen LogP contribution is -2.30. The summed E-state index contributed by atoms with van der Waals surface area (Å²) in [6, 6.07) is 12.6. The molecule has 3 rings (SSSR count). The topological polar surface area (TPSA) is 75.8 Å². The predicted molar refractivity (Wildman–Crippen MR) is 102 cm³/mol. The van der Waals surface area contributed by atoms with Crippen molar-refractivity contribution in [3.63, 3.8) is 0 Å². The Morgan fingerprint density at radius 3 is 2.32 bits per heavy atom. The molecule has 2 aromatic rings. The van der Waals surface area contributed by atoms with Crippen LogP contribution in [0.15, 0.2) is 51.9 Å². The molecule has 0 fully saturated rings. The van der Waals surface area contributed by atoms with Gasteiger partial charge in [-0.15, -0.1) is 0 Å². The van der Waals surface area contributed by atoms with Crippen LogP contribution in [0.1, 0.15) is 39.1 Å². The van der Waals surface area contributed by atoms with E-state index in [0.717, 1.165) is 16.5 Å². The number of nitrogens with zero attached hydrogens (tertiary/aromatic N) is 2. The molecule has 5 nitrogen and oxygen atoms in total. The molecule has 0 atom stereocenters. The van der Waals surface area contributed by atoms with Crippen molar-refractivity contribution in [3.8, 4) is 0 Å². The molecule has 1 aliphatic rings. The molecule has 0 spiro atoms. The summed E-state index contributed by atoms with van der Waals surface area (Å²) in [6.07, 6.45) is 3.25. The molecule has 0 saturated carbocycles. The Morgan fingerprint density at radius 2 is 1.68 bits per heavy atom. The minimum absolute atomic E-state index is 0.204. The van der Waals surface area contributed by atoms with E-state index in [2.05, 4.69) is 20.9 Å². The second-order valence-corrected chi connectivity index (χ2v) is 6.65. The van der Waals surface area contributed by atoms with Gasteiger partial charge in [0.15, 0.2) is 0 Å². The van der Waals surface area contributed by atoms with Gasteiger partial charge in [-0.1, -0.05) is 34.1 Å².